The van der Waals surface area contributed by atoms with E-state index in [9.17, 15) is 14.4 Å². The van der Waals surface area contributed by atoms with E-state index in [2.05, 4.69) is 13.2 Å². The highest BCUT2D eigenvalue weighted by atomic mass is 16.6. The van der Waals surface area contributed by atoms with Crippen molar-refractivity contribution in [2.45, 2.75) is 25.0 Å². The monoisotopic (exact) mass is 682 g/mol. The molecule has 0 N–H and O–H groups in total. The van der Waals surface area contributed by atoms with Gasteiger partial charge in [0, 0.05) is 22.3 Å². The molecule has 6 nitrogen and oxygen atoms in total. The summed E-state index contributed by atoms with van der Waals surface area (Å²) in [6, 6.07) is 40.5. The van der Waals surface area contributed by atoms with Gasteiger partial charge >= 0.3 is 17.9 Å². The number of hydrogen-bond donors (Lipinski definition) is 0. The van der Waals surface area contributed by atoms with Gasteiger partial charge in [-0.15, -0.1) is 0 Å². The summed E-state index contributed by atoms with van der Waals surface area (Å²) in [7, 11) is 0. The van der Waals surface area contributed by atoms with E-state index < -0.39 is 36.7 Å². The van der Waals surface area contributed by atoms with Crippen LogP contribution in [-0.4, -0.2) is 24.5 Å². The zero-order chi connectivity index (χ0) is 35.8. The minimum Gasteiger partial charge on any atom is -0.450 e. The Balaban J connectivity index is 0.991. The van der Waals surface area contributed by atoms with E-state index in [-0.39, 0.29) is 5.57 Å². The topological polar surface area (TPSA) is 78.9 Å². The lowest BCUT2D eigenvalue weighted by Crippen LogP contribution is -2.23. The molecule has 0 heterocycles. The third-order valence-electron chi connectivity index (χ3n) is 9.99. The van der Waals surface area contributed by atoms with E-state index in [1.54, 1.807) is 18.2 Å². The van der Waals surface area contributed by atoms with Gasteiger partial charge in [0.1, 0.15) is 0 Å². The minimum absolute atomic E-state index is 0.102. The average Bonchev–Trinajstić information content (AvgIpc) is 3.18. The van der Waals surface area contributed by atoms with Gasteiger partial charge in [0.15, 0.2) is 18.8 Å². The highest BCUT2D eigenvalue weighted by Crippen LogP contribution is 2.40. The molecule has 0 radical (unpaired) electrons. The second-order valence-electron chi connectivity index (χ2n) is 13.0. The van der Waals surface area contributed by atoms with Crippen molar-refractivity contribution in [3.63, 3.8) is 0 Å². The Morgan fingerprint density at radius 3 is 1.83 bits per heavy atom. The molecule has 0 saturated carbocycles. The molecule has 0 amide bonds. The van der Waals surface area contributed by atoms with Crippen LogP contribution in [0.5, 0.6) is 0 Å². The molecule has 1 unspecified atom stereocenters. The average molecular weight is 683 g/mol. The van der Waals surface area contributed by atoms with Crippen molar-refractivity contribution in [2.24, 2.45) is 0 Å². The molecule has 6 aromatic rings. The molecule has 0 aromatic heterocycles. The van der Waals surface area contributed by atoms with Gasteiger partial charge in [0.05, 0.1) is 11.1 Å². The van der Waals surface area contributed by atoms with Gasteiger partial charge in [-0.05, 0) is 63.1 Å². The number of hydrogen-bond acceptors (Lipinski definition) is 6. The molecular formula is C46H34O6. The maximum atomic E-state index is 13.8. The molecule has 0 bridgehead atoms. The molecule has 0 saturated heterocycles. The number of fused-ring (bicyclic) bond motifs is 5. The second-order valence-corrected chi connectivity index (χ2v) is 13.0. The first-order chi connectivity index (χ1) is 25.4. The fraction of sp³-hybridized carbons (Fsp3) is 0.109. The zero-order valence-electron chi connectivity index (χ0n) is 28.3. The molecule has 254 valence electrons. The van der Waals surface area contributed by atoms with E-state index in [0.29, 0.717) is 17.5 Å². The van der Waals surface area contributed by atoms with Crippen LogP contribution in [-0.2, 0) is 36.6 Å². The third kappa shape index (κ3) is 5.98. The Labute approximate surface area is 301 Å². The lowest BCUT2D eigenvalue weighted by atomic mass is 9.82. The molecule has 2 aliphatic carbocycles. The predicted octanol–water partition coefficient (Wildman–Crippen LogP) is 9.13. The van der Waals surface area contributed by atoms with Crippen LogP contribution in [0.2, 0.25) is 0 Å². The van der Waals surface area contributed by atoms with Crippen LogP contribution in [0.3, 0.4) is 0 Å². The van der Waals surface area contributed by atoms with Crippen molar-refractivity contribution < 1.29 is 28.6 Å². The summed E-state index contributed by atoms with van der Waals surface area (Å²) in [5, 5.41) is 1.71. The van der Waals surface area contributed by atoms with Gasteiger partial charge < -0.3 is 14.2 Å². The van der Waals surface area contributed by atoms with Crippen molar-refractivity contribution in [3.05, 3.63) is 202 Å². The third-order valence-corrected chi connectivity index (χ3v) is 9.99. The Hall–Kier alpha value is -6.53. The lowest BCUT2D eigenvalue weighted by molar-refractivity contribution is -0.158. The van der Waals surface area contributed by atoms with Crippen molar-refractivity contribution >= 4 is 40.3 Å². The normalized spacial score (nSPS) is 14.2. The standard InChI is InChI=1S/C46H34O6/c1-3-29-15-10-20-40-35(29)19-11-21-41(40)46(49)52-44-38-18-9-6-14-33(38)26-34-24-30(22-23-39(34)44)28(2)45(48)50-27-42(47)51-43-36-16-7-4-12-31(36)25-32-13-5-8-17-37(32)43/h3-24,43-44H,1-2,25-27H2. The quantitative estimate of drug-likeness (QED) is 0.0906. The van der Waals surface area contributed by atoms with Gasteiger partial charge in [-0.3, -0.25) is 0 Å². The first-order valence-corrected chi connectivity index (χ1v) is 17.2. The first kappa shape index (κ1) is 32.7. The van der Waals surface area contributed by atoms with E-state index >= 15 is 0 Å². The first-order valence-electron chi connectivity index (χ1n) is 17.2. The van der Waals surface area contributed by atoms with E-state index in [1.165, 1.54) is 0 Å². The predicted molar refractivity (Wildman–Crippen MR) is 201 cm³/mol. The summed E-state index contributed by atoms with van der Waals surface area (Å²) in [6.07, 6.45) is 1.85. The second kappa shape index (κ2) is 13.6. The maximum Gasteiger partial charge on any atom is 0.345 e. The summed E-state index contributed by atoms with van der Waals surface area (Å²) >= 11 is 0. The van der Waals surface area contributed by atoms with Crippen LogP contribution in [0.1, 0.15) is 78.2 Å². The minimum atomic E-state index is -0.726. The fourth-order valence-corrected chi connectivity index (χ4v) is 7.41. The van der Waals surface area contributed by atoms with Crippen LogP contribution in [0.4, 0.5) is 0 Å². The molecule has 0 aliphatic heterocycles. The van der Waals surface area contributed by atoms with Gasteiger partial charge in [-0.25, -0.2) is 14.4 Å². The molecule has 0 fully saturated rings. The number of rotatable bonds is 8. The van der Waals surface area contributed by atoms with Crippen LogP contribution >= 0.6 is 0 Å². The van der Waals surface area contributed by atoms with E-state index in [4.69, 9.17) is 14.2 Å². The van der Waals surface area contributed by atoms with E-state index in [0.717, 1.165) is 67.3 Å². The van der Waals surface area contributed by atoms with Gasteiger partial charge in [0.25, 0.3) is 0 Å². The van der Waals surface area contributed by atoms with Crippen molar-refractivity contribution in [3.8, 4) is 0 Å². The highest BCUT2D eigenvalue weighted by molar-refractivity contribution is 6.16. The Bertz CT molecular complexity index is 2390. The molecule has 2 aliphatic rings. The molecule has 8 rings (SSSR count). The van der Waals surface area contributed by atoms with Crippen molar-refractivity contribution in [1.82, 2.24) is 0 Å². The summed E-state index contributed by atoms with van der Waals surface area (Å²) in [5.41, 5.74) is 9.70. The van der Waals surface area contributed by atoms with Crippen molar-refractivity contribution in [2.75, 3.05) is 6.61 Å². The fourth-order valence-electron chi connectivity index (χ4n) is 7.41. The zero-order valence-corrected chi connectivity index (χ0v) is 28.3. The number of esters is 3. The van der Waals surface area contributed by atoms with Crippen LogP contribution in [0.15, 0.2) is 141 Å². The van der Waals surface area contributed by atoms with Gasteiger partial charge in [-0.2, -0.15) is 0 Å². The van der Waals surface area contributed by atoms with Crippen molar-refractivity contribution in [1.29, 1.82) is 0 Å². The molecule has 52 heavy (non-hydrogen) atoms. The molecule has 1 atom stereocenters. The molecule has 6 aromatic carbocycles. The lowest BCUT2D eigenvalue weighted by Gasteiger charge is -2.29. The van der Waals surface area contributed by atoms with Crippen LogP contribution < -0.4 is 0 Å². The summed E-state index contributed by atoms with van der Waals surface area (Å²) < 4.78 is 17.6. The smallest absolute Gasteiger partial charge is 0.345 e. The molecule has 6 heteroatoms. The summed E-state index contributed by atoms with van der Waals surface area (Å²) in [5.74, 6) is -1.82. The van der Waals surface area contributed by atoms with E-state index in [1.807, 2.05) is 115 Å². The van der Waals surface area contributed by atoms with Gasteiger partial charge in [-0.1, -0.05) is 141 Å². The highest BCUT2D eigenvalue weighted by Gasteiger charge is 2.31. The SMILES string of the molecule is C=Cc1cccc2c(C(=O)OC3c4ccccc4Cc4cc(C(=C)C(=O)OCC(=O)OC5c6ccccc6Cc6ccccc65)ccc43)cccc12. The maximum absolute atomic E-state index is 13.8. The largest absolute Gasteiger partial charge is 0.450 e. The number of benzene rings is 6. The Morgan fingerprint density at radius 1 is 0.615 bits per heavy atom. The molecular weight excluding hydrogens is 648 g/mol. The number of carbonyl (C=O) groups is 3. The number of ether oxygens (including phenoxy) is 3. The number of carbonyl (C=O) groups excluding carboxylic acids is 3. The van der Waals surface area contributed by atoms with Gasteiger partial charge in [0.2, 0.25) is 0 Å². The summed E-state index contributed by atoms with van der Waals surface area (Å²) in [6.45, 7) is 7.36. The molecule has 0 spiro atoms. The van der Waals surface area contributed by atoms with Crippen LogP contribution in [0, 0.1) is 0 Å². The Kier molecular flexibility index (Phi) is 8.57. The summed E-state index contributed by atoms with van der Waals surface area (Å²) in [4.78, 5) is 40.1. The van der Waals surface area contributed by atoms with Crippen LogP contribution in [0.25, 0.3) is 22.4 Å². The Morgan fingerprint density at radius 2 is 1.17 bits per heavy atom.